The summed E-state index contributed by atoms with van der Waals surface area (Å²) in [6, 6.07) is 0.820. The summed E-state index contributed by atoms with van der Waals surface area (Å²) in [5.74, 6) is 1.33. The maximum Gasteiger partial charge on any atom is 0.342 e. The number of nitrogens with one attached hydrogen (secondary N) is 1. The summed E-state index contributed by atoms with van der Waals surface area (Å²) in [6.07, 6.45) is 7.77. The molecule has 7 heteroatoms. The van der Waals surface area contributed by atoms with Crippen LogP contribution >= 0.6 is 0 Å². The van der Waals surface area contributed by atoms with Crippen molar-refractivity contribution in [1.82, 2.24) is 4.98 Å². The molecule has 1 aromatic rings. The third-order valence-electron chi connectivity index (χ3n) is 2.41. The minimum Gasteiger partial charge on any atom is -0.477 e. The van der Waals surface area contributed by atoms with Gasteiger partial charge in [0.25, 0.3) is 0 Å². The molecule has 0 bridgehead atoms. The number of nitrogens with zero attached hydrogens (tertiary/aromatic N) is 2. The van der Waals surface area contributed by atoms with Crippen molar-refractivity contribution in [2.75, 3.05) is 5.32 Å². The lowest BCUT2D eigenvalue weighted by Crippen LogP contribution is -2.18. The van der Waals surface area contributed by atoms with Crippen molar-refractivity contribution in [2.45, 2.75) is 25.8 Å². The van der Waals surface area contributed by atoms with Gasteiger partial charge < -0.3 is 10.4 Å². The number of nitro groups is 1. The Morgan fingerprint density at radius 2 is 2.42 bits per heavy atom. The minimum atomic E-state index is -1.38. The van der Waals surface area contributed by atoms with Crippen LogP contribution in [0.2, 0.25) is 0 Å². The second-order valence-electron chi connectivity index (χ2n) is 3.80. The van der Waals surface area contributed by atoms with Crippen molar-refractivity contribution in [2.24, 2.45) is 0 Å². The summed E-state index contributed by atoms with van der Waals surface area (Å²) < 4.78 is 0. The molecule has 0 aliphatic carbocycles. The number of terminal acetylenes is 1. The molecule has 1 atom stereocenters. The number of aromatic nitrogens is 1. The molecule has 19 heavy (non-hydrogen) atoms. The van der Waals surface area contributed by atoms with Gasteiger partial charge in [-0.2, -0.15) is 0 Å². The summed E-state index contributed by atoms with van der Waals surface area (Å²) >= 11 is 0. The molecule has 0 radical (unpaired) electrons. The molecule has 7 nitrogen and oxygen atoms in total. The predicted octanol–water partition coefficient (Wildman–Crippen LogP) is 1.90. The third kappa shape index (κ3) is 3.67. The minimum absolute atomic E-state index is 0.208. The average Bonchev–Trinajstić information content (AvgIpc) is 2.37. The lowest BCUT2D eigenvalue weighted by atomic mass is 10.1. The van der Waals surface area contributed by atoms with Gasteiger partial charge in [0.15, 0.2) is 0 Å². The van der Waals surface area contributed by atoms with Gasteiger partial charge >= 0.3 is 11.7 Å². The highest BCUT2D eigenvalue weighted by Gasteiger charge is 2.21. The lowest BCUT2D eigenvalue weighted by molar-refractivity contribution is -0.385. The molecule has 1 unspecified atom stereocenters. The number of pyridine rings is 1. The van der Waals surface area contributed by atoms with Crippen molar-refractivity contribution in [3.63, 3.8) is 0 Å². The number of carboxylic acid groups (broad SMARTS) is 1. The van der Waals surface area contributed by atoms with E-state index in [0.29, 0.717) is 6.42 Å². The monoisotopic (exact) mass is 263 g/mol. The standard InChI is InChI=1S/C12H13N3O4/c1-3-5-8(4-2)14-11-6-9(12(16)17)10(7-13-11)15(18)19/h2,6-8H,3,5H2,1H3,(H,13,14)(H,16,17). The van der Waals surface area contributed by atoms with Crippen LogP contribution in [0.3, 0.4) is 0 Å². The molecule has 1 aromatic heterocycles. The molecule has 0 amide bonds. The zero-order valence-corrected chi connectivity index (χ0v) is 10.3. The Kier molecular flexibility index (Phi) is 4.83. The van der Waals surface area contributed by atoms with Crippen LogP contribution in [0.5, 0.6) is 0 Å². The number of aromatic carboxylic acids is 1. The largest absolute Gasteiger partial charge is 0.477 e. The van der Waals surface area contributed by atoms with Crippen LogP contribution in [0.4, 0.5) is 11.5 Å². The van der Waals surface area contributed by atoms with E-state index in [1.54, 1.807) is 0 Å². The predicted molar refractivity (Wildman–Crippen MR) is 69.0 cm³/mol. The molecule has 1 heterocycles. The molecule has 0 spiro atoms. The van der Waals surface area contributed by atoms with E-state index in [2.05, 4.69) is 16.2 Å². The number of anilines is 1. The molecular formula is C12H13N3O4. The number of rotatable bonds is 6. The van der Waals surface area contributed by atoms with E-state index in [0.717, 1.165) is 18.7 Å². The molecule has 0 fully saturated rings. The van der Waals surface area contributed by atoms with Gasteiger partial charge in [-0.3, -0.25) is 10.1 Å². The first-order chi connectivity index (χ1) is 8.99. The maximum atomic E-state index is 11.0. The zero-order valence-electron chi connectivity index (χ0n) is 10.3. The third-order valence-corrected chi connectivity index (χ3v) is 2.41. The van der Waals surface area contributed by atoms with E-state index >= 15 is 0 Å². The highest BCUT2D eigenvalue weighted by Crippen LogP contribution is 2.20. The molecule has 0 aliphatic rings. The quantitative estimate of drug-likeness (QED) is 0.461. The Morgan fingerprint density at radius 1 is 1.74 bits per heavy atom. The van der Waals surface area contributed by atoms with Crippen LogP contribution < -0.4 is 5.32 Å². The van der Waals surface area contributed by atoms with Crippen molar-refractivity contribution >= 4 is 17.5 Å². The summed E-state index contributed by atoms with van der Waals surface area (Å²) in [7, 11) is 0. The molecule has 2 N–H and O–H groups in total. The van der Waals surface area contributed by atoms with Crippen LogP contribution in [-0.2, 0) is 0 Å². The highest BCUT2D eigenvalue weighted by atomic mass is 16.6. The number of hydrogen-bond donors (Lipinski definition) is 2. The first-order valence-electron chi connectivity index (χ1n) is 5.60. The van der Waals surface area contributed by atoms with Gasteiger partial charge in [0.2, 0.25) is 0 Å². The highest BCUT2D eigenvalue weighted by molar-refractivity contribution is 5.93. The molecular weight excluding hydrogens is 250 g/mol. The van der Waals surface area contributed by atoms with Gasteiger partial charge in [-0.25, -0.2) is 9.78 Å². The summed E-state index contributed by atoms with van der Waals surface area (Å²) in [6.45, 7) is 1.96. The van der Waals surface area contributed by atoms with Crippen LogP contribution in [0, 0.1) is 22.5 Å². The number of hydrogen-bond acceptors (Lipinski definition) is 5. The smallest absolute Gasteiger partial charge is 0.342 e. The second-order valence-corrected chi connectivity index (χ2v) is 3.80. The Hall–Kier alpha value is -2.62. The van der Waals surface area contributed by atoms with E-state index in [4.69, 9.17) is 11.5 Å². The summed E-state index contributed by atoms with van der Waals surface area (Å²) in [5, 5.41) is 22.5. The first-order valence-corrected chi connectivity index (χ1v) is 5.60. The normalized spacial score (nSPS) is 11.4. The van der Waals surface area contributed by atoms with Crippen molar-refractivity contribution < 1.29 is 14.8 Å². The Balaban J connectivity index is 3.06. The van der Waals surface area contributed by atoms with Crippen LogP contribution in [0.1, 0.15) is 30.1 Å². The van der Waals surface area contributed by atoms with Crippen LogP contribution in [0.15, 0.2) is 12.3 Å². The number of carbonyl (C=O) groups is 1. The molecule has 100 valence electrons. The second kappa shape index (κ2) is 6.35. The Morgan fingerprint density at radius 3 is 2.89 bits per heavy atom. The Bertz CT molecular complexity index is 536. The van der Waals surface area contributed by atoms with Crippen molar-refractivity contribution in [1.29, 1.82) is 0 Å². The Labute approximate surface area is 109 Å². The summed E-state index contributed by atoms with van der Waals surface area (Å²) in [5.41, 5.74) is -0.972. The molecule has 1 rings (SSSR count). The SMILES string of the molecule is C#CC(CCC)Nc1cc(C(=O)O)c([N+](=O)[O-])cn1. The fraction of sp³-hybridized carbons (Fsp3) is 0.333. The van der Waals surface area contributed by atoms with E-state index in [-0.39, 0.29) is 11.9 Å². The molecule has 0 saturated carbocycles. The van der Waals surface area contributed by atoms with Gasteiger partial charge in [0.1, 0.15) is 17.6 Å². The van der Waals surface area contributed by atoms with Crippen LogP contribution in [-0.4, -0.2) is 27.0 Å². The van der Waals surface area contributed by atoms with Gasteiger partial charge in [0, 0.05) is 6.07 Å². The van der Waals surface area contributed by atoms with Crippen molar-refractivity contribution in [3.05, 3.63) is 27.9 Å². The van der Waals surface area contributed by atoms with Gasteiger partial charge in [-0.15, -0.1) is 6.42 Å². The van der Waals surface area contributed by atoms with Gasteiger partial charge in [-0.05, 0) is 6.42 Å². The van der Waals surface area contributed by atoms with E-state index in [9.17, 15) is 14.9 Å². The number of carboxylic acids is 1. The molecule has 0 aliphatic heterocycles. The fourth-order valence-electron chi connectivity index (χ4n) is 1.51. The van der Waals surface area contributed by atoms with Crippen LogP contribution in [0.25, 0.3) is 0 Å². The molecule has 0 saturated heterocycles. The molecule has 0 aromatic carbocycles. The van der Waals surface area contributed by atoms with E-state index < -0.39 is 22.1 Å². The lowest BCUT2D eigenvalue weighted by Gasteiger charge is -2.12. The van der Waals surface area contributed by atoms with Gasteiger partial charge in [-0.1, -0.05) is 19.3 Å². The summed E-state index contributed by atoms with van der Waals surface area (Å²) in [4.78, 5) is 24.6. The van der Waals surface area contributed by atoms with E-state index in [1.165, 1.54) is 0 Å². The van der Waals surface area contributed by atoms with E-state index in [1.807, 2.05) is 6.92 Å². The van der Waals surface area contributed by atoms with Gasteiger partial charge in [0.05, 0.1) is 11.0 Å². The first kappa shape index (κ1) is 14.4. The maximum absolute atomic E-state index is 11.0. The van der Waals surface area contributed by atoms with Crippen molar-refractivity contribution in [3.8, 4) is 12.3 Å². The average molecular weight is 263 g/mol. The zero-order chi connectivity index (χ0) is 14.4. The topological polar surface area (TPSA) is 105 Å². The fourth-order valence-corrected chi connectivity index (χ4v) is 1.51.